The van der Waals surface area contributed by atoms with Crippen LogP contribution in [-0.2, 0) is 11.3 Å². The summed E-state index contributed by atoms with van der Waals surface area (Å²) in [5, 5.41) is 14.3. The molecule has 1 aromatic rings. The molecule has 100 valence electrons. The van der Waals surface area contributed by atoms with Gasteiger partial charge in [0, 0.05) is 32.3 Å². The third kappa shape index (κ3) is 2.18. The number of rotatable bonds is 2. The molecule has 18 heavy (non-hydrogen) atoms. The van der Waals surface area contributed by atoms with Crippen LogP contribution in [0.2, 0.25) is 0 Å². The second-order valence-electron chi connectivity index (χ2n) is 5.45. The Morgan fingerprint density at radius 1 is 1.56 bits per heavy atom. The summed E-state index contributed by atoms with van der Waals surface area (Å²) >= 11 is 0. The number of aliphatic hydroxyl groups excluding tert-OH is 1. The number of hydrogen-bond acceptors (Lipinski definition) is 5. The Labute approximate surface area is 107 Å². The standard InChI is InChI=1S/C13H20N2O3/c1-10-7-11(14-18-10)8-15-5-4-13(12(16)9-15)3-2-6-17-13/h7,12,16H,2-6,8-9H2,1H3/t12-,13-/m0/s1. The lowest BCUT2D eigenvalue weighted by molar-refractivity contribution is -0.130. The molecule has 2 aliphatic heterocycles. The van der Waals surface area contributed by atoms with Crippen LogP contribution in [0.1, 0.15) is 30.7 Å². The molecule has 2 saturated heterocycles. The van der Waals surface area contributed by atoms with Crippen molar-refractivity contribution in [3.05, 3.63) is 17.5 Å². The summed E-state index contributed by atoms with van der Waals surface area (Å²) in [6, 6.07) is 1.95. The van der Waals surface area contributed by atoms with Crippen molar-refractivity contribution in [2.75, 3.05) is 19.7 Å². The molecule has 5 heteroatoms. The lowest BCUT2D eigenvalue weighted by Crippen LogP contribution is -2.54. The van der Waals surface area contributed by atoms with E-state index in [0.29, 0.717) is 6.54 Å². The van der Waals surface area contributed by atoms with E-state index in [1.165, 1.54) is 0 Å². The van der Waals surface area contributed by atoms with E-state index in [1.807, 2.05) is 13.0 Å². The first kappa shape index (κ1) is 12.1. The fourth-order valence-electron chi connectivity index (χ4n) is 3.06. The molecular weight excluding hydrogens is 232 g/mol. The number of hydrogen-bond donors (Lipinski definition) is 1. The monoisotopic (exact) mass is 252 g/mol. The van der Waals surface area contributed by atoms with Crippen molar-refractivity contribution in [1.82, 2.24) is 10.1 Å². The maximum atomic E-state index is 10.3. The number of ether oxygens (including phenoxy) is 1. The van der Waals surface area contributed by atoms with Crippen molar-refractivity contribution in [3.8, 4) is 0 Å². The van der Waals surface area contributed by atoms with Gasteiger partial charge in [-0.1, -0.05) is 5.16 Å². The molecular formula is C13H20N2O3. The summed E-state index contributed by atoms with van der Waals surface area (Å²) in [7, 11) is 0. The Kier molecular flexibility index (Phi) is 3.13. The van der Waals surface area contributed by atoms with E-state index < -0.39 is 0 Å². The summed E-state index contributed by atoms with van der Waals surface area (Å²) in [4.78, 5) is 2.22. The smallest absolute Gasteiger partial charge is 0.133 e. The first-order valence-corrected chi connectivity index (χ1v) is 6.64. The minimum Gasteiger partial charge on any atom is -0.389 e. The molecule has 0 aromatic carbocycles. The third-order valence-corrected chi connectivity index (χ3v) is 4.09. The largest absolute Gasteiger partial charge is 0.389 e. The molecule has 0 aliphatic carbocycles. The van der Waals surface area contributed by atoms with Crippen molar-refractivity contribution >= 4 is 0 Å². The fourth-order valence-corrected chi connectivity index (χ4v) is 3.06. The van der Waals surface area contributed by atoms with Crippen LogP contribution in [0.25, 0.3) is 0 Å². The van der Waals surface area contributed by atoms with Gasteiger partial charge in [0.1, 0.15) is 5.76 Å². The topological polar surface area (TPSA) is 58.7 Å². The van der Waals surface area contributed by atoms with Crippen LogP contribution in [0, 0.1) is 6.92 Å². The van der Waals surface area contributed by atoms with E-state index in [0.717, 1.165) is 50.4 Å². The lowest BCUT2D eigenvalue weighted by Gasteiger charge is -2.42. The SMILES string of the molecule is Cc1cc(CN2CC[C@@]3(CCCO3)[C@@H](O)C2)no1. The van der Waals surface area contributed by atoms with Crippen LogP contribution in [0.3, 0.4) is 0 Å². The predicted molar refractivity (Wildman–Crippen MR) is 65.1 cm³/mol. The van der Waals surface area contributed by atoms with Crippen LogP contribution in [0.4, 0.5) is 0 Å². The number of aryl methyl sites for hydroxylation is 1. The molecule has 0 radical (unpaired) electrons. The van der Waals surface area contributed by atoms with Crippen molar-refractivity contribution in [2.24, 2.45) is 0 Å². The Hall–Kier alpha value is -0.910. The Balaban J connectivity index is 1.61. The minimum atomic E-state index is -0.387. The van der Waals surface area contributed by atoms with Gasteiger partial charge in [0.05, 0.1) is 17.4 Å². The van der Waals surface area contributed by atoms with E-state index in [4.69, 9.17) is 9.26 Å². The first-order valence-electron chi connectivity index (χ1n) is 6.64. The van der Waals surface area contributed by atoms with E-state index >= 15 is 0 Å². The molecule has 2 fully saturated rings. The summed E-state index contributed by atoms with van der Waals surface area (Å²) in [5.41, 5.74) is 0.666. The van der Waals surface area contributed by atoms with Crippen LogP contribution < -0.4 is 0 Å². The molecule has 2 atom stereocenters. The molecule has 3 rings (SSSR count). The molecule has 0 bridgehead atoms. The molecule has 2 aliphatic rings. The van der Waals surface area contributed by atoms with Crippen LogP contribution in [0.15, 0.2) is 10.6 Å². The molecule has 1 spiro atoms. The third-order valence-electron chi connectivity index (χ3n) is 4.09. The highest BCUT2D eigenvalue weighted by Gasteiger charge is 2.45. The average Bonchev–Trinajstić information content (AvgIpc) is 2.95. The second kappa shape index (κ2) is 4.64. The van der Waals surface area contributed by atoms with E-state index in [-0.39, 0.29) is 11.7 Å². The molecule has 0 amide bonds. The molecule has 3 heterocycles. The van der Waals surface area contributed by atoms with Crippen LogP contribution in [0.5, 0.6) is 0 Å². The van der Waals surface area contributed by atoms with Crippen LogP contribution >= 0.6 is 0 Å². The second-order valence-corrected chi connectivity index (χ2v) is 5.45. The Bertz CT molecular complexity index is 412. The highest BCUT2D eigenvalue weighted by molar-refractivity contribution is 5.05. The summed E-state index contributed by atoms with van der Waals surface area (Å²) in [6.07, 6.45) is 2.58. The molecule has 0 unspecified atom stereocenters. The summed E-state index contributed by atoms with van der Waals surface area (Å²) in [6.45, 7) is 5.03. The Morgan fingerprint density at radius 3 is 3.06 bits per heavy atom. The quantitative estimate of drug-likeness (QED) is 0.854. The van der Waals surface area contributed by atoms with Gasteiger partial charge in [0.2, 0.25) is 0 Å². The first-order chi connectivity index (χ1) is 8.68. The van der Waals surface area contributed by atoms with Gasteiger partial charge in [-0.2, -0.15) is 0 Å². The molecule has 5 nitrogen and oxygen atoms in total. The van der Waals surface area contributed by atoms with Crippen molar-refractivity contribution < 1.29 is 14.4 Å². The zero-order valence-corrected chi connectivity index (χ0v) is 10.8. The zero-order valence-electron chi connectivity index (χ0n) is 10.8. The fraction of sp³-hybridized carbons (Fsp3) is 0.769. The van der Waals surface area contributed by atoms with Gasteiger partial charge in [-0.05, 0) is 26.2 Å². The van der Waals surface area contributed by atoms with Gasteiger partial charge in [-0.3, -0.25) is 4.90 Å². The van der Waals surface area contributed by atoms with Gasteiger partial charge in [-0.25, -0.2) is 0 Å². The molecule has 1 N–H and O–H groups in total. The molecule has 1 aromatic heterocycles. The van der Waals surface area contributed by atoms with Crippen molar-refractivity contribution in [3.63, 3.8) is 0 Å². The zero-order chi connectivity index (χ0) is 12.6. The Morgan fingerprint density at radius 2 is 2.44 bits per heavy atom. The van der Waals surface area contributed by atoms with Gasteiger partial charge in [0.15, 0.2) is 0 Å². The number of aromatic nitrogens is 1. The maximum absolute atomic E-state index is 10.3. The van der Waals surface area contributed by atoms with Gasteiger partial charge in [-0.15, -0.1) is 0 Å². The van der Waals surface area contributed by atoms with Gasteiger partial charge >= 0.3 is 0 Å². The number of nitrogens with zero attached hydrogens (tertiary/aromatic N) is 2. The molecule has 0 saturated carbocycles. The highest BCUT2D eigenvalue weighted by atomic mass is 16.5. The van der Waals surface area contributed by atoms with Crippen molar-refractivity contribution in [1.29, 1.82) is 0 Å². The van der Waals surface area contributed by atoms with E-state index in [2.05, 4.69) is 10.1 Å². The maximum Gasteiger partial charge on any atom is 0.133 e. The van der Waals surface area contributed by atoms with Crippen molar-refractivity contribution in [2.45, 2.75) is 44.4 Å². The van der Waals surface area contributed by atoms with Gasteiger partial charge < -0.3 is 14.4 Å². The number of aliphatic hydroxyl groups is 1. The van der Waals surface area contributed by atoms with Gasteiger partial charge in [0.25, 0.3) is 0 Å². The lowest BCUT2D eigenvalue weighted by atomic mass is 9.86. The van der Waals surface area contributed by atoms with E-state index in [9.17, 15) is 5.11 Å². The summed E-state index contributed by atoms with van der Waals surface area (Å²) in [5.74, 6) is 0.832. The summed E-state index contributed by atoms with van der Waals surface area (Å²) < 4.78 is 10.8. The number of piperidine rings is 1. The predicted octanol–water partition coefficient (Wildman–Crippen LogP) is 1.10. The highest BCUT2D eigenvalue weighted by Crippen LogP contribution is 2.36. The normalized spacial score (nSPS) is 33.3. The number of likely N-dealkylation sites (tertiary alicyclic amines) is 1. The number of β-amino-alcohol motifs (C(OH)–C–C–N with tert-alkyl or cyclic N) is 1. The minimum absolute atomic E-state index is 0.268. The average molecular weight is 252 g/mol. The van der Waals surface area contributed by atoms with E-state index in [1.54, 1.807) is 0 Å². The van der Waals surface area contributed by atoms with Crippen LogP contribution in [-0.4, -0.2) is 46.6 Å².